The van der Waals surface area contributed by atoms with E-state index in [9.17, 15) is 0 Å². The van der Waals surface area contributed by atoms with Crippen LogP contribution in [0.15, 0.2) is 78.9 Å². The van der Waals surface area contributed by atoms with Crippen molar-refractivity contribution in [3.8, 4) is 11.3 Å². The zero-order chi connectivity index (χ0) is 18.9. The topological polar surface area (TPSA) is 27.8 Å². The van der Waals surface area contributed by atoms with Crippen LogP contribution >= 0.6 is 0 Å². The van der Waals surface area contributed by atoms with E-state index in [0.29, 0.717) is 0 Å². The Balaban J connectivity index is 1.70. The summed E-state index contributed by atoms with van der Waals surface area (Å²) in [5.41, 5.74) is 7.48. The van der Waals surface area contributed by atoms with Crippen LogP contribution in [0.5, 0.6) is 0 Å². The second kappa shape index (κ2) is 6.96. The summed E-state index contributed by atoms with van der Waals surface area (Å²) in [5, 5.41) is 4.92. The minimum Gasteiger partial charge on any atom is -0.379 e. The number of aromatic nitrogens is 1. The fourth-order valence-corrected chi connectivity index (χ4v) is 3.49. The Morgan fingerprint density at radius 3 is 2.33 bits per heavy atom. The largest absolute Gasteiger partial charge is 0.379 e. The average Bonchev–Trinajstić information content (AvgIpc) is 3.05. The van der Waals surface area contributed by atoms with Crippen LogP contribution < -0.4 is 5.32 Å². The minimum atomic E-state index is 0.159. The first-order valence-electron chi connectivity index (χ1n) is 9.52. The maximum atomic E-state index is 3.70. The molecular formula is C25H26N2. The fraction of sp³-hybridized carbons (Fsp3) is 0.200. The smallest absolute Gasteiger partial charge is 0.0700 e. The first-order valence-corrected chi connectivity index (χ1v) is 9.52. The molecule has 0 spiro atoms. The third-order valence-corrected chi connectivity index (χ3v) is 5.03. The molecule has 0 fully saturated rings. The molecule has 4 aromatic rings. The Labute approximate surface area is 161 Å². The van der Waals surface area contributed by atoms with Crippen LogP contribution in [0.1, 0.15) is 31.9 Å². The van der Waals surface area contributed by atoms with Gasteiger partial charge >= 0.3 is 0 Å². The number of rotatable bonds is 4. The Kier molecular flexibility index (Phi) is 4.49. The van der Waals surface area contributed by atoms with Gasteiger partial charge in [-0.2, -0.15) is 0 Å². The summed E-state index contributed by atoms with van der Waals surface area (Å²) in [6, 6.07) is 27.9. The van der Waals surface area contributed by atoms with Gasteiger partial charge in [0.05, 0.1) is 11.4 Å². The molecule has 2 heteroatoms. The standard InChI is InChI=1S/C25H26N2/c1-25(2,3)20-13-9-10-18(16-20)17-26-24-21-14-7-8-15-22(21)27-23(24)19-11-5-4-6-12-19/h4-16,26-27H,17H2,1-3H3. The van der Waals surface area contributed by atoms with Gasteiger partial charge in [0.2, 0.25) is 0 Å². The predicted octanol–water partition coefficient (Wildman–Crippen LogP) is 6.74. The molecule has 0 atom stereocenters. The summed E-state index contributed by atoms with van der Waals surface area (Å²) >= 11 is 0. The number of nitrogens with one attached hydrogen (secondary N) is 2. The quantitative estimate of drug-likeness (QED) is 0.417. The van der Waals surface area contributed by atoms with Crippen LogP contribution in [0.3, 0.4) is 0 Å². The highest BCUT2D eigenvalue weighted by Crippen LogP contribution is 2.35. The van der Waals surface area contributed by atoms with E-state index in [-0.39, 0.29) is 5.41 Å². The fourth-order valence-electron chi connectivity index (χ4n) is 3.49. The van der Waals surface area contributed by atoms with Crippen molar-refractivity contribution in [1.82, 2.24) is 4.98 Å². The third kappa shape index (κ3) is 3.61. The van der Waals surface area contributed by atoms with Crippen LogP contribution in [0.4, 0.5) is 5.69 Å². The molecular weight excluding hydrogens is 328 g/mol. The highest BCUT2D eigenvalue weighted by molar-refractivity contribution is 6.01. The van der Waals surface area contributed by atoms with Gasteiger partial charge < -0.3 is 10.3 Å². The molecule has 1 heterocycles. The van der Waals surface area contributed by atoms with Gasteiger partial charge in [0.25, 0.3) is 0 Å². The van der Waals surface area contributed by atoms with Crippen molar-refractivity contribution >= 4 is 16.6 Å². The van der Waals surface area contributed by atoms with Gasteiger partial charge in [-0.05, 0) is 22.6 Å². The molecule has 0 saturated carbocycles. The van der Waals surface area contributed by atoms with Crippen molar-refractivity contribution in [2.75, 3.05) is 5.32 Å². The molecule has 0 aliphatic rings. The van der Waals surface area contributed by atoms with E-state index in [0.717, 1.165) is 23.4 Å². The second-order valence-corrected chi connectivity index (χ2v) is 8.09. The molecule has 27 heavy (non-hydrogen) atoms. The van der Waals surface area contributed by atoms with Crippen molar-refractivity contribution in [2.45, 2.75) is 32.7 Å². The number of hydrogen-bond acceptors (Lipinski definition) is 1. The van der Waals surface area contributed by atoms with Gasteiger partial charge in [-0.1, -0.05) is 93.6 Å². The van der Waals surface area contributed by atoms with Gasteiger partial charge in [-0.25, -0.2) is 0 Å². The number of anilines is 1. The molecule has 0 amide bonds. The van der Waals surface area contributed by atoms with Crippen molar-refractivity contribution in [3.05, 3.63) is 90.0 Å². The number of para-hydroxylation sites is 1. The molecule has 0 unspecified atom stereocenters. The monoisotopic (exact) mass is 354 g/mol. The van der Waals surface area contributed by atoms with Crippen LogP contribution in [0, 0.1) is 0 Å². The predicted molar refractivity (Wildman–Crippen MR) is 116 cm³/mol. The highest BCUT2D eigenvalue weighted by atomic mass is 14.9. The van der Waals surface area contributed by atoms with Crippen molar-refractivity contribution in [3.63, 3.8) is 0 Å². The lowest BCUT2D eigenvalue weighted by Gasteiger charge is -2.20. The SMILES string of the molecule is CC(C)(C)c1cccc(CNc2c(-c3ccccc3)[nH]c3ccccc23)c1. The van der Waals surface area contributed by atoms with E-state index in [1.54, 1.807) is 0 Å². The van der Waals surface area contributed by atoms with E-state index in [4.69, 9.17) is 0 Å². The third-order valence-electron chi connectivity index (χ3n) is 5.03. The van der Waals surface area contributed by atoms with Gasteiger partial charge in [0.15, 0.2) is 0 Å². The first-order chi connectivity index (χ1) is 13.0. The van der Waals surface area contributed by atoms with Crippen molar-refractivity contribution in [2.24, 2.45) is 0 Å². The number of H-pyrrole nitrogens is 1. The van der Waals surface area contributed by atoms with Gasteiger partial charge in [0, 0.05) is 23.0 Å². The number of benzene rings is 3. The molecule has 1 aromatic heterocycles. The molecule has 0 bridgehead atoms. The molecule has 0 radical (unpaired) electrons. The van der Waals surface area contributed by atoms with E-state index >= 15 is 0 Å². The zero-order valence-electron chi connectivity index (χ0n) is 16.2. The summed E-state index contributed by atoms with van der Waals surface area (Å²) in [4.78, 5) is 3.59. The van der Waals surface area contributed by atoms with E-state index in [1.807, 2.05) is 0 Å². The van der Waals surface area contributed by atoms with Crippen molar-refractivity contribution in [1.29, 1.82) is 0 Å². The Hall–Kier alpha value is -3.00. The number of fused-ring (bicyclic) bond motifs is 1. The molecule has 2 nitrogen and oxygen atoms in total. The van der Waals surface area contributed by atoms with Crippen LogP contribution in [0.2, 0.25) is 0 Å². The highest BCUT2D eigenvalue weighted by Gasteiger charge is 2.15. The minimum absolute atomic E-state index is 0.159. The molecule has 0 saturated heterocycles. The van der Waals surface area contributed by atoms with E-state index in [1.165, 1.54) is 22.1 Å². The Morgan fingerprint density at radius 1 is 0.815 bits per heavy atom. The average molecular weight is 354 g/mol. The molecule has 2 N–H and O–H groups in total. The summed E-state index contributed by atoms with van der Waals surface area (Å²) in [7, 11) is 0. The van der Waals surface area contributed by atoms with Crippen LogP contribution in [0.25, 0.3) is 22.2 Å². The first kappa shape index (κ1) is 17.4. The lowest BCUT2D eigenvalue weighted by Crippen LogP contribution is -2.11. The van der Waals surface area contributed by atoms with Gasteiger partial charge in [-0.3, -0.25) is 0 Å². The van der Waals surface area contributed by atoms with Gasteiger partial charge in [-0.15, -0.1) is 0 Å². The molecule has 3 aromatic carbocycles. The summed E-state index contributed by atoms with van der Waals surface area (Å²) in [5.74, 6) is 0. The lowest BCUT2D eigenvalue weighted by atomic mass is 9.86. The lowest BCUT2D eigenvalue weighted by molar-refractivity contribution is 0.589. The van der Waals surface area contributed by atoms with E-state index in [2.05, 4.69) is 110 Å². The number of aromatic amines is 1. The Bertz CT molecular complexity index is 1050. The van der Waals surface area contributed by atoms with Gasteiger partial charge in [0.1, 0.15) is 0 Å². The second-order valence-electron chi connectivity index (χ2n) is 8.09. The summed E-state index contributed by atoms with van der Waals surface area (Å²) in [6.07, 6.45) is 0. The normalized spacial score (nSPS) is 11.7. The van der Waals surface area contributed by atoms with Crippen LogP contribution in [-0.4, -0.2) is 4.98 Å². The molecule has 4 rings (SSSR count). The zero-order valence-corrected chi connectivity index (χ0v) is 16.2. The summed E-state index contributed by atoms with van der Waals surface area (Å²) in [6.45, 7) is 7.57. The van der Waals surface area contributed by atoms with Crippen molar-refractivity contribution < 1.29 is 0 Å². The maximum Gasteiger partial charge on any atom is 0.0700 e. The molecule has 136 valence electrons. The van der Waals surface area contributed by atoms with E-state index < -0.39 is 0 Å². The molecule has 0 aliphatic heterocycles. The summed E-state index contributed by atoms with van der Waals surface area (Å²) < 4.78 is 0. The van der Waals surface area contributed by atoms with Crippen LogP contribution in [-0.2, 0) is 12.0 Å². The Morgan fingerprint density at radius 2 is 1.56 bits per heavy atom. The maximum absolute atomic E-state index is 3.70. The molecule has 0 aliphatic carbocycles. The number of hydrogen-bond donors (Lipinski definition) is 2.